The van der Waals surface area contributed by atoms with Crippen molar-refractivity contribution in [1.29, 1.82) is 0 Å². The van der Waals surface area contributed by atoms with Gasteiger partial charge in [-0.2, -0.15) is 0 Å². The zero-order valence-electron chi connectivity index (χ0n) is 11.8. The van der Waals surface area contributed by atoms with E-state index in [4.69, 9.17) is 0 Å². The van der Waals surface area contributed by atoms with E-state index in [1.54, 1.807) is 0 Å². The maximum absolute atomic E-state index is 3.58. The molecule has 1 aromatic rings. The second-order valence-electron chi connectivity index (χ2n) is 5.08. The zero-order valence-corrected chi connectivity index (χ0v) is 11.8. The Hall–Kier alpha value is -0.820. The monoisotopic (exact) mass is 233 g/mol. The maximum Gasteiger partial charge on any atom is 0.00700 e. The molecule has 17 heavy (non-hydrogen) atoms. The lowest BCUT2D eigenvalue weighted by atomic mass is 9.99. The molecule has 0 radical (unpaired) electrons. The van der Waals surface area contributed by atoms with Crippen LogP contribution in [0.15, 0.2) is 18.2 Å². The van der Waals surface area contributed by atoms with Crippen LogP contribution in [0.5, 0.6) is 0 Å². The molecule has 0 spiro atoms. The van der Waals surface area contributed by atoms with Gasteiger partial charge >= 0.3 is 0 Å². The van der Waals surface area contributed by atoms with E-state index in [0.29, 0.717) is 6.04 Å². The van der Waals surface area contributed by atoms with Gasteiger partial charge in [-0.15, -0.1) is 0 Å². The molecule has 0 saturated carbocycles. The van der Waals surface area contributed by atoms with Crippen LogP contribution in [0.2, 0.25) is 0 Å². The zero-order chi connectivity index (χ0) is 12.7. The van der Waals surface area contributed by atoms with E-state index >= 15 is 0 Å². The molecule has 0 amide bonds. The third-order valence-corrected chi connectivity index (χ3v) is 3.19. The summed E-state index contributed by atoms with van der Waals surface area (Å²) in [6, 6.07) is 7.58. The quantitative estimate of drug-likeness (QED) is 0.750. The van der Waals surface area contributed by atoms with E-state index in [1.165, 1.54) is 42.4 Å². The largest absolute Gasteiger partial charge is 0.314 e. The Morgan fingerprint density at radius 3 is 2.18 bits per heavy atom. The first-order chi connectivity index (χ1) is 8.15. The van der Waals surface area contributed by atoms with Gasteiger partial charge in [-0.25, -0.2) is 0 Å². The number of nitrogens with one attached hydrogen (secondary N) is 1. The molecule has 0 heterocycles. The molecule has 0 aromatic heterocycles. The molecule has 0 aliphatic heterocycles. The molecular weight excluding hydrogens is 206 g/mol. The summed E-state index contributed by atoms with van der Waals surface area (Å²) in [4.78, 5) is 0. The van der Waals surface area contributed by atoms with E-state index in [2.05, 4.69) is 51.2 Å². The van der Waals surface area contributed by atoms with Crippen molar-refractivity contribution in [2.24, 2.45) is 0 Å². The van der Waals surface area contributed by atoms with Crippen LogP contribution in [-0.4, -0.2) is 12.6 Å². The second kappa shape index (κ2) is 7.50. The van der Waals surface area contributed by atoms with E-state index in [9.17, 15) is 0 Å². The number of aryl methyl sites for hydroxylation is 3. The summed E-state index contributed by atoms with van der Waals surface area (Å²) in [6.45, 7) is 9.91. The minimum atomic E-state index is 0.686. The van der Waals surface area contributed by atoms with Crippen LogP contribution in [0.25, 0.3) is 0 Å². The highest BCUT2D eigenvalue weighted by Crippen LogP contribution is 2.13. The molecule has 96 valence electrons. The van der Waals surface area contributed by atoms with Crippen LogP contribution in [-0.2, 0) is 6.42 Å². The van der Waals surface area contributed by atoms with Gasteiger partial charge in [0.2, 0.25) is 0 Å². The van der Waals surface area contributed by atoms with Gasteiger partial charge in [0.05, 0.1) is 0 Å². The number of rotatable bonds is 7. The SMILES string of the molecule is CCCC(CCc1cc(C)cc(C)c1)NCC. The van der Waals surface area contributed by atoms with Gasteiger partial charge in [0.1, 0.15) is 0 Å². The molecule has 0 aliphatic rings. The minimum Gasteiger partial charge on any atom is -0.314 e. The van der Waals surface area contributed by atoms with Crippen LogP contribution < -0.4 is 5.32 Å². The van der Waals surface area contributed by atoms with Crippen molar-refractivity contribution in [3.8, 4) is 0 Å². The first kappa shape index (κ1) is 14.2. The van der Waals surface area contributed by atoms with Gasteiger partial charge in [0, 0.05) is 6.04 Å². The molecule has 1 rings (SSSR count). The lowest BCUT2D eigenvalue weighted by molar-refractivity contribution is 0.459. The Bertz CT molecular complexity index is 304. The number of benzene rings is 1. The van der Waals surface area contributed by atoms with Gasteiger partial charge in [0.15, 0.2) is 0 Å². The maximum atomic E-state index is 3.58. The van der Waals surface area contributed by atoms with E-state index in [-0.39, 0.29) is 0 Å². The van der Waals surface area contributed by atoms with Crippen molar-refractivity contribution < 1.29 is 0 Å². The Morgan fingerprint density at radius 1 is 1.00 bits per heavy atom. The molecule has 1 atom stereocenters. The highest BCUT2D eigenvalue weighted by Gasteiger charge is 2.06. The normalized spacial score (nSPS) is 12.7. The van der Waals surface area contributed by atoms with Crippen molar-refractivity contribution in [3.05, 3.63) is 34.9 Å². The smallest absolute Gasteiger partial charge is 0.00700 e. The average molecular weight is 233 g/mol. The summed E-state index contributed by atoms with van der Waals surface area (Å²) in [6.07, 6.45) is 5.01. The number of hydrogen-bond donors (Lipinski definition) is 1. The van der Waals surface area contributed by atoms with Crippen LogP contribution in [0.4, 0.5) is 0 Å². The fourth-order valence-electron chi connectivity index (χ4n) is 2.54. The molecule has 1 aromatic carbocycles. The van der Waals surface area contributed by atoms with Gasteiger partial charge in [0.25, 0.3) is 0 Å². The van der Waals surface area contributed by atoms with Gasteiger partial charge in [-0.3, -0.25) is 0 Å². The highest BCUT2D eigenvalue weighted by atomic mass is 14.9. The van der Waals surface area contributed by atoms with E-state index in [1.807, 2.05) is 0 Å². The van der Waals surface area contributed by atoms with Crippen molar-refractivity contribution in [2.75, 3.05) is 6.54 Å². The van der Waals surface area contributed by atoms with E-state index in [0.717, 1.165) is 6.54 Å². The van der Waals surface area contributed by atoms with Crippen molar-refractivity contribution in [3.63, 3.8) is 0 Å². The van der Waals surface area contributed by atoms with Crippen molar-refractivity contribution >= 4 is 0 Å². The standard InChI is InChI=1S/C16H27N/c1-5-7-16(17-6-2)9-8-15-11-13(3)10-14(4)12-15/h10-12,16-17H,5-9H2,1-4H3. The Labute approximate surface area is 107 Å². The summed E-state index contributed by atoms with van der Waals surface area (Å²) in [5.41, 5.74) is 4.26. The van der Waals surface area contributed by atoms with Gasteiger partial charge < -0.3 is 5.32 Å². The molecular formula is C16H27N. The molecule has 1 nitrogen and oxygen atoms in total. The fourth-order valence-corrected chi connectivity index (χ4v) is 2.54. The molecule has 0 aliphatic carbocycles. The van der Waals surface area contributed by atoms with E-state index < -0.39 is 0 Å². The summed E-state index contributed by atoms with van der Waals surface area (Å²) >= 11 is 0. The molecule has 0 saturated heterocycles. The summed E-state index contributed by atoms with van der Waals surface area (Å²) in [5, 5.41) is 3.58. The second-order valence-corrected chi connectivity index (χ2v) is 5.08. The first-order valence-corrected chi connectivity index (χ1v) is 6.96. The lowest BCUT2D eigenvalue weighted by Gasteiger charge is -2.17. The third kappa shape index (κ3) is 5.36. The summed E-state index contributed by atoms with van der Waals surface area (Å²) in [7, 11) is 0. The molecule has 1 N–H and O–H groups in total. The van der Waals surface area contributed by atoms with Gasteiger partial charge in [-0.1, -0.05) is 49.6 Å². The van der Waals surface area contributed by atoms with Crippen LogP contribution in [0, 0.1) is 13.8 Å². The lowest BCUT2D eigenvalue weighted by Crippen LogP contribution is -2.29. The number of hydrogen-bond acceptors (Lipinski definition) is 1. The van der Waals surface area contributed by atoms with Crippen LogP contribution in [0.3, 0.4) is 0 Å². The highest BCUT2D eigenvalue weighted by molar-refractivity contribution is 5.28. The predicted octanol–water partition coefficient (Wildman–Crippen LogP) is 4.01. The molecule has 0 fully saturated rings. The predicted molar refractivity (Wildman–Crippen MR) is 76.6 cm³/mol. The fraction of sp³-hybridized carbons (Fsp3) is 0.625. The Balaban J connectivity index is 2.52. The average Bonchev–Trinajstić information content (AvgIpc) is 2.25. The first-order valence-electron chi connectivity index (χ1n) is 6.96. The Kier molecular flexibility index (Phi) is 6.28. The topological polar surface area (TPSA) is 12.0 Å². The van der Waals surface area contributed by atoms with Crippen molar-refractivity contribution in [1.82, 2.24) is 5.32 Å². The minimum absolute atomic E-state index is 0.686. The molecule has 1 heteroatoms. The third-order valence-electron chi connectivity index (χ3n) is 3.19. The molecule has 0 bridgehead atoms. The van der Waals surface area contributed by atoms with Crippen LogP contribution in [0.1, 0.15) is 49.8 Å². The Morgan fingerprint density at radius 2 is 1.65 bits per heavy atom. The summed E-state index contributed by atoms with van der Waals surface area (Å²) < 4.78 is 0. The van der Waals surface area contributed by atoms with Crippen molar-refractivity contribution in [2.45, 2.75) is 59.4 Å². The van der Waals surface area contributed by atoms with Gasteiger partial charge in [-0.05, 0) is 45.2 Å². The van der Waals surface area contributed by atoms with Crippen LogP contribution >= 0.6 is 0 Å². The summed E-state index contributed by atoms with van der Waals surface area (Å²) in [5.74, 6) is 0. The molecule has 1 unspecified atom stereocenters.